The Balaban J connectivity index is 1.84. The van der Waals surface area contributed by atoms with E-state index in [-0.39, 0.29) is 11.4 Å². The zero-order valence-electron chi connectivity index (χ0n) is 21.2. The van der Waals surface area contributed by atoms with Crippen LogP contribution in [-0.4, -0.2) is 14.3 Å². The van der Waals surface area contributed by atoms with E-state index < -0.39 is 20.7 Å². The van der Waals surface area contributed by atoms with Gasteiger partial charge in [0.05, 0.1) is 25.4 Å². The number of aromatic nitrogens is 1. The molecule has 7 heteroatoms. The molecule has 0 spiro atoms. The van der Waals surface area contributed by atoms with Crippen LogP contribution in [0.5, 0.6) is 0 Å². The van der Waals surface area contributed by atoms with Crippen LogP contribution in [0.15, 0.2) is 53.1 Å². The molecule has 2 aromatic heterocycles. The Morgan fingerprint density at radius 3 is 2.31 bits per heavy atom. The van der Waals surface area contributed by atoms with E-state index >= 15 is 4.39 Å². The molecule has 186 valence electrons. The summed E-state index contributed by atoms with van der Waals surface area (Å²) in [5.74, 6) is -0.211. The van der Waals surface area contributed by atoms with Gasteiger partial charge in [-0.15, -0.1) is 0 Å². The molecule has 36 heavy (non-hydrogen) atoms. The highest BCUT2D eigenvalue weighted by Crippen LogP contribution is 2.41. The lowest BCUT2D eigenvalue weighted by atomic mass is 9.93. The van der Waals surface area contributed by atoms with Gasteiger partial charge in [0.25, 0.3) is 0 Å². The Hall–Kier alpha value is -3.19. The van der Waals surface area contributed by atoms with Crippen molar-refractivity contribution in [1.82, 2.24) is 0 Å². The second-order valence-electron chi connectivity index (χ2n) is 10.7. The van der Waals surface area contributed by atoms with E-state index in [0.29, 0.717) is 11.2 Å². The number of furan rings is 1. The first-order valence-corrected chi connectivity index (χ1v) is 15.4. The molecule has 0 saturated heterocycles. The van der Waals surface area contributed by atoms with Crippen molar-refractivity contribution in [2.75, 3.05) is 0 Å². The molecular formula is C29H28F4NOSi+. The highest BCUT2D eigenvalue weighted by atomic mass is 28.3. The molecule has 0 atom stereocenters. The topological polar surface area (TPSA) is 17.0 Å². The monoisotopic (exact) mass is 510 g/mol. The maximum Gasteiger partial charge on any atom is 0.393 e. The van der Waals surface area contributed by atoms with Crippen molar-refractivity contribution in [3.05, 3.63) is 71.2 Å². The summed E-state index contributed by atoms with van der Waals surface area (Å²) in [7, 11) is -0.0161. The van der Waals surface area contributed by atoms with Crippen molar-refractivity contribution in [1.29, 1.82) is 0 Å². The largest absolute Gasteiger partial charge is 0.455 e. The normalized spacial score (nSPS) is 12.8. The Kier molecular flexibility index (Phi) is 5.56. The van der Waals surface area contributed by atoms with Crippen molar-refractivity contribution in [2.24, 2.45) is 7.05 Å². The number of alkyl halides is 3. The predicted octanol–water partition coefficient (Wildman–Crippen LogP) is 7.64. The standard InChI is InChI=1S/C29H28F4NOSi/c1-16-11-22-21-13-23(30)25(36(4,5)6)14-24(21)35-28(22)26(17(16)2)27-20-8-7-18(15-29(31,32)33)12-19(20)9-10-34(27)3/h7-14H,15H2,1-6H3/q+1. The minimum atomic E-state index is -4.27. The number of aryl methyl sites for hydroxylation is 2. The van der Waals surface area contributed by atoms with Crippen molar-refractivity contribution in [3.8, 4) is 11.3 Å². The van der Waals surface area contributed by atoms with E-state index in [1.807, 2.05) is 49.9 Å². The lowest BCUT2D eigenvalue weighted by molar-refractivity contribution is -0.659. The summed E-state index contributed by atoms with van der Waals surface area (Å²) >= 11 is 0. The molecule has 0 aliphatic rings. The highest BCUT2D eigenvalue weighted by molar-refractivity contribution is 6.88. The third-order valence-electron chi connectivity index (χ3n) is 7.02. The van der Waals surface area contributed by atoms with E-state index in [9.17, 15) is 13.2 Å². The molecule has 3 aromatic carbocycles. The summed E-state index contributed by atoms with van der Waals surface area (Å²) < 4.78 is 62.6. The van der Waals surface area contributed by atoms with Gasteiger partial charge in [0, 0.05) is 16.8 Å². The van der Waals surface area contributed by atoms with Crippen LogP contribution in [-0.2, 0) is 13.5 Å². The molecule has 0 fully saturated rings. The van der Waals surface area contributed by atoms with Crippen LogP contribution in [0.1, 0.15) is 16.7 Å². The minimum Gasteiger partial charge on any atom is -0.455 e. The van der Waals surface area contributed by atoms with E-state index in [1.165, 1.54) is 6.07 Å². The van der Waals surface area contributed by atoms with Crippen molar-refractivity contribution in [2.45, 2.75) is 46.1 Å². The molecular weight excluding hydrogens is 482 g/mol. The Labute approximate surface area is 208 Å². The molecule has 5 aromatic rings. The zero-order valence-corrected chi connectivity index (χ0v) is 22.2. The molecule has 0 radical (unpaired) electrons. The summed E-state index contributed by atoms with van der Waals surface area (Å²) in [5, 5.41) is 3.83. The highest BCUT2D eigenvalue weighted by Gasteiger charge is 2.29. The van der Waals surface area contributed by atoms with Gasteiger partial charge < -0.3 is 4.42 Å². The third kappa shape index (κ3) is 4.09. The van der Waals surface area contributed by atoms with Crippen LogP contribution >= 0.6 is 0 Å². The first kappa shape index (κ1) is 24.5. The van der Waals surface area contributed by atoms with Gasteiger partial charge >= 0.3 is 6.18 Å². The van der Waals surface area contributed by atoms with Gasteiger partial charge in [-0.2, -0.15) is 13.2 Å². The van der Waals surface area contributed by atoms with Crippen LogP contribution in [0.4, 0.5) is 17.6 Å². The number of halogens is 4. The molecule has 0 amide bonds. The quantitative estimate of drug-likeness (QED) is 0.139. The van der Waals surface area contributed by atoms with E-state index in [4.69, 9.17) is 4.42 Å². The molecule has 0 N–H and O–H groups in total. The van der Waals surface area contributed by atoms with Gasteiger partial charge in [0.1, 0.15) is 24.0 Å². The average molecular weight is 511 g/mol. The fourth-order valence-electron chi connectivity index (χ4n) is 5.09. The first-order valence-electron chi connectivity index (χ1n) is 11.9. The van der Waals surface area contributed by atoms with Gasteiger partial charge in [0.15, 0.2) is 6.20 Å². The summed E-state index contributed by atoms with van der Waals surface area (Å²) in [5.41, 5.74) is 5.28. The molecule has 0 saturated carbocycles. The zero-order chi connectivity index (χ0) is 26.2. The second-order valence-corrected chi connectivity index (χ2v) is 15.8. The van der Waals surface area contributed by atoms with Gasteiger partial charge in [-0.3, -0.25) is 0 Å². The smallest absolute Gasteiger partial charge is 0.393 e. The predicted molar refractivity (Wildman–Crippen MR) is 140 cm³/mol. The number of pyridine rings is 1. The minimum absolute atomic E-state index is 0.211. The van der Waals surface area contributed by atoms with Gasteiger partial charge in [-0.25, -0.2) is 8.96 Å². The summed E-state index contributed by atoms with van der Waals surface area (Å²) in [4.78, 5) is 0. The molecule has 0 bridgehead atoms. The van der Waals surface area contributed by atoms with Crippen molar-refractivity contribution < 1.29 is 26.5 Å². The molecule has 0 aliphatic heterocycles. The first-order chi connectivity index (χ1) is 16.7. The fraction of sp³-hybridized carbons (Fsp3) is 0.276. The van der Waals surface area contributed by atoms with Gasteiger partial charge in [0.2, 0.25) is 5.69 Å². The van der Waals surface area contributed by atoms with Crippen LogP contribution in [0.3, 0.4) is 0 Å². The molecule has 2 heterocycles. The number of hydrogen-bond acceptors (Lipinski definition) is 1. The lowest BCUT2D eigenvalue weighted by Gasteiger charge is -2.17. The van der Waals surface area contributed by atoms with E-state index in [0.717, 1.165) is 49.1 Å². The summed E-state index contributed by atoms with van der Waals surface area (Å²) in [6.07, 6.45) is -3.39. The Bertz CT molecular complexity index is 1680. The number of nitrogens with zero attached hydrogens (tertiary/aromatic N) is 1. The SMILES string of the molecule is Cc1cc2c(oc3cc([Si](C)(C)C)c(F)cc32)c(-c2c3ccc(CC(F)(F)F)cc3cc[n+]2C)c1C. The van der Waals surface area contributed by atoms with Crippen LogP contribution in [0, 0.1) is 19.7 Å². The third-order valence-corrected chi connectivity index (χ3v) is 9.02. The second kappa shape index (κ2) is 8.16. The van der Waals surface area contributed by atoms with Crippen LogP contribution in [0.25, 0.3) is 44.0 Å². The Morgan fingerprint density at radius 2 is 1.64 bits per heavy atom. The number of hydrogen-bond donors (Lipinski definition) is 0. The number of rotatable bonds is 3. The molecule has 0 unspecified atom stereocenters. The van der Waals surface area contributed by atoms with Crippen molar-refractivity contribution in [3.63, 3.8) is 0 Å². The van der Waals surface area contributed by atoms with Gasteiger partial charge in [-0.05, 0) is 65.4 Å². The maximum absolute atomic E-state index is 15.2. The fourth-order valence-corrected chi connectivity index (χ4v) is 6.44. The molecule has 0 aliphatic carbocycles. The van der Waals surface area contributed by atoms with E-state index in [1.54, 1.807) is 18.2 Å². The molecule has 5 rings (SSSR count). The van der Waals surface area contributed by atoms with E-state index in [2.05, 4.69) is 19.6 Å². The number of fused-ring (bicyclic) bond motifs is 4. The van der Waals surface area contributed by atoms with Crippen LogP contribution < -0.4 is 9.75 Å². The van der Waals surface area contributed by atoms with Crippen molar-refractivity contribution >= 4 is 46.0 Å². The lowest BCUT2D eigenvalue weighted by Crippen LogP contribution is -2.39. The summed E-state index contributed by atoms with van der Waals surface area (Å²) in [6, 6.07) is 12.2. The molecule has 2 nitrogen and oxygen atoms in total. The summed E-state index contributed by atoms with van der Waals surface area (Å²) in [6.45, 7) is 10.3. The maximum atomic E-state index is 15.2. The average Bonchev–Trinajstić information content (AvgIpc) is 3.10. The Morgan fingerprint density at radius 1 is 0.917 bits per heavy atom. The van der Waals surface area contributed by atoms with Gasteiger partial charge in [-0.1, -0.05) is 31.8 Å². The van der Waals surface area contributed by atoms with Crippen LogP contribution in [0.2, 0.25) is 19.6 Å². The number of benzene rings is 3.